The maximum atomic E-state index is 12.8. The first-order chi connectivity index (χ1) is 10.1. The van der Waals surface area contributed by atoms with Crippen LogP contribution in [-0.2, 0) is 16.0 Å². The molecule has 1 aliphatic heterocycles. The van der Waals surface area contributed by atoms with Gasteiger partial charge in [-0.1, -0.05) is 12.1 Å². The van der Waals surface area contributed by atoms with Crippen molar-refractivity contribution in [2.24, 2.45) is 0 Å². The molecule has 2 rings (SSSR count). The van der Waals surface area contributed by atoms with Crippen LogP contribution < -0.4 is 5.32 Å². The lowest BCUT2D eigenvalue weighted by Crippen LogP contribution is -2.49. The summed E-state index contributed by atoms with van der Waals surface area (Å²) < 4.78 is 12.8. The zero-order valence-electron chi connectivity index (χ0n) is 12.5. The predicted octanol–water partition coefficient (Wildman–Crippen LogP) is 0.680. The molecule has 1 aromatic carbocycles. The predicted molar refractivity (Wildman–Crippen MR) is 84.4 cm³/mol. The number of piperazine rings is 1. The first-order valence-electron chi connectivity index (χ1n) is 7.03. The van der Waals surface area contributed by atoms with Gasteiger partial charge in [-0.25, -0.2) is 4.39 Å². The number of nitrogens with zero attached hydrogens (tertiary/aromatic N) is 2. The second kappa shape index (κ2) is 8.70. The van der Waals surface area contributed by atoms with Gasteiger partial charge < -0.3 is 15.1 Å². The summed E-state index contributed by atoms with van der Waals surface area (Å²) in [7, 11) is 1.62. The third kappa shape index (κ3) is 5.27. The molecule has 22 heavy (non-hydrogen) atoms. The van der Waals surface area contributed by atoms with E-state index in [1.54, 1.807) is 24.1 Å². The Morgan fingerprint density at radius 1 is 1.23 bits per heavy atom. The molecule has 0 saturated carbocycles. The van der Waals surface area contributed by atoms with Gasteiger partial charge in [0.2, 0.25) is 11.8 Å². The van der Waals surface area contributed by atoms with E-state index in [2.05, 4.69) is 5.32 Å². The number of carbonyl (C=O) groups excluding carboxylic acids is 2. The van der Waals surface area contributed by atoms with Crippen molar-refractivity contribution in [1.82, 2.24) is 15.1 Å². The monoisotopic (exact) mass is 329 g/mol. The Bertz CT molecular complexity index is 504. The van der Waals surface area contributed by atoms with Crippen LogP contribution >= 0.6 is 12.4 Å². The van der Waals surface area contributed by atoms with E-state index >= 15 is 0 Å². The van der Waals surface area contributed by atoms with E-state index < -0.39 is 0 Å². The summed E-state index contributed by atoms with van der Waals surface area (Å²) >= 11 is 0. The normalized spacial score (nSPS) is 14.2. The highest BCUT2D eigenvalue weighted by Gasteiger charge is 2.19. The molecular weight excluding hydrogens is 309 g/mol. The molecule has 1 N–H and O–H groups in total. The Morgan fingerprint density at radius 2 is 1.82 bits per heavy atom. The zero-order chi connectivity index (χ0) is 15.2. The van der Waals surface area contributed by atoms with Gasteiger partial charge in [-0.2, -0.15) is 0 Å². The quantitative estimate of drug-likeness (QED) is 0.884. The van der Waals surface area contributed by atoms with Gasteiger partial charge in [-0.15, -0.1) is 12.4 Å². The van der Waals surface area contributed by atoms with Crippen molar-refractivity contribution in [2.75, 3.05) is 39.8 Å². The molecule has 122 valence electrons. The number of hydrogen-bond acceptors (Lipinski definition) is 3. The first kappa shape index (κ1) is 18.4. The van der Waals surface area contributed by atoms with E-state index in [4.69, 9.17) is 0 Å². The first-order valence-corrected chi connectivity index (χ1v) is 7.03. The van der Waals surface area contributed by atoms with Gasteiger partial charge in [0, 0.05) is 33.2 Å². The van der Waals surface area contributed by atoms with Gasteiger partial charge in [0.1, 0.15) is 5.82 Å². The van der Waals surface area contributed by atoms with Crippen molar-refractivity contribution in [3.05, 3.63) is 35.6 Å². The van der Waals surface area contributed by atoms with E-state index in [1.807, 2.05) is 0 Å². The summed E-state index contributed by atoms with van der Waals surface area (Å²) in [6.45, 7) is 3.02. The molecule has 0 unspecified atom stereocenters. The number of nitrogens with one attached hydrogen (secondary N) is 1. The standard InChI is InChI=1S/C15H20FN3O2.ClH/c1-18(11-15(21)19-8-6-17-7-9-19)14(20)10-12-2-4-13(16)5-3-12;/h2-5,17H,6-11H2,1H3;1H. The van der Waals surface area contributed by atoms with Gasteiger partial charge in [0.15, 0.2) is 0 Å². The Balaban J connectivity index is 0.00000242. The molecule has 0 atom stereocenters. The van der Waals surface area contributed by atoms with Gasteiger partial charge in [0.25, 0.3) is 0 Å². The van der Waals surface area contributed by atoms with Crippen LogP contribution in [0.25, 0.3) is 0 Å². The van der Waals surface area contributed by atoms with E-state index in [9.17, 15) is 14.0 Å². The molecule has 1 aliphatic rings. The number of amides is 2. The van der Waals surface area contributed by atoms with Crippen LogP contribution in [0, 0.1) is 5.82 Å². The second-order valence-corrected chi connectivity index (χ2v) is 5.18. The molecule has 0 spiro atoms. The number of likely N-dealkylation sites (N-methyl/N-ethyl adjacent to an activating group) is 1. The average molecular weight is 330 g/mol. The van der Waals surface area contributed by atoms with Gasteiger partial charge in [-0.3, -0.25) is 9.59 Å². The maximum Gasteiger partial charge on any atom is 0.242 e. The SMILES string of the molecule is CN(CC(=O)N1CCNCC1)C(=O)Cc1ccc(F)cc1.Cl. The lowest BCUT2D eigenvalue weighted by atomic mass is 10.1. The molecule has 0 bridgehead atoms. The molecule has 1 heterocycles. The minimum absolute atomic E-state index is 0. The molecule has 2 amide bonds. The number of benzene rings is 1. The molecule has 0 aromatic heterocycles. The fraction of sp³-hybridized carbons (Fsp3) is 0.467. The smallest absolute Gasteiger partial charge is 0.242 e. The van der Waals surface area contributed by atoms with Crippen LogP contribution in [0.2, 0.25) is 0 Å². The summed E-state index contributed by atoms with van der Waals surface area (Å²) in [6.07, 6.45) is 0.172. The van der Waals surface area contributed by atoms with Crippen LogP contribution in [0.3, 0.4) is 0 Å². The summed E-state index contributed by atoms with van der Waals surface area (Å²) in [4.78, 5) is 27.3. The van der Waals surface area contributed by atoms with Crippen molar-refractivity contribution in [3.63, 3.8) is 0 Å². The fourth-order valence-corrected chi connectivity index (χ4v) is 2.22. The highest BCUT2D eigenvalue weighted by atomic mass is 35.5. The van der Waals surface area contributed by atoms with Crippen LogP contribution in [0.4, 0.5) is 4.39 Å². The molecule has 7 heteroatoms. The van der Waals surface area contributed by atoms with E-state index in [-0.39, 0.29) is 43.0 Å². The minimum atomic E-state index is -0.326. The number of rotatable bonds is 4. The molecule has 5 nitrogen and oxygen atoms in total. The van der Waals surface area contributed by atoms with E-state index in [0.29, 0.717) is 13.1 Å². The van der Waals surface area contributed by atoms with Crippen molar-refractivity contribution in [3.8, 4) is 0 Å². The minimum Gasteiger partial charge on any atom is -0.339 e. The summed E-state index contributed by atoms with van der Waals surface area (Å²) in [6, 6.07) is 5.82. The fourth-order valence-electron chi connectivity index (χ4n) is 2.22. The third-order valence-corrected chi connectivity index (χ3v) is 3.54. The summed E-state index contributed by atoms with van der Waals surface area (Å²) in [5.41, 5.74) is 0.739. The molecule has 0 radical (unpaired) electrons. The van der Waals surface area contributed by atoms with Crippen molar-refractivity contribution in [1.29, 1.82) is 0 Å². The number of halogens is 2. The van der Waals surface area contributed by atoms with Crippen LogP contribution in [0.5, 0.6) is 0 Å². The van der Waals surface area contributed by atoms with Gasteiger partial charge in [0.05, 0.1) is 13.0 Å². The van der Waals surface area contributed by atoms with E-state index in [0.717, 1.165) is 18.7 Å². The van der Waals surface area contributed by atoms with Crippen LogP contribution in [0.15, 0.2) is 24.3 Å². The van der Waals surface area contributed by atoms with Crippen LogP contribution in [0.1, 0.15) is 5.56 Å². The second-order valence-electron chi connectivity index (χ2n) is 5.18. The highest BCUT2D eigenvalue weighted by Crippen LogP contribution is 2.05. The van der Waals surface area contributed by atoms with E-state index in [1.165, 1.54) is 17.0 Å². The topological polar surface area (TPSA) is 52.7 Å². The van der Waals surface area contributed by atoms with Crippen molar-refractivity contribution in [2.45, 2.75) is 6.42 Å². The molecule has 0 aliphatic carbocycles. The lowest BCUT2D eigenvalue weighted by molar-refractivity contribution is -0.139. The van der Waals surface area contributed by atoms with Crippen LogP contribution in [-0.4, -0.2) is 61.4 Å². The zero-order valence-corrected chi connectivity index (χ0v) is 13.4. The van der Waals surface area contributed by atoms with Gasteiger partial charge in [-0.05, 0) is 17.7 Å². The molecule has 1 fully saturated rings. The Labute approximate surface area is 135 Å². The van der Waals surface area contributed by atoms with Gasteiger partial charge >= 0.3 is 0 Å². The molecule has 1 saturated heterocycles. The summed E-state index contributed by atoms with van der Waals surface area (Å²) in [5, 5.41) is 3.18. The van der Waals surface area contributed by atoms with Crippen molar-refractivity contribution < 1.29 is 14.0 Å². The third-order valence-electron chi connectivity index (χ3n) is 3.54. The maximum absolute atomic E-state index is 12.8. The largest absolute Gasteiger partial charge is 0.339 e. The number of carbonyl (C=O) groups is 2. The number of hydrogen-bond donors (Lipinski definition) is 1. The summed E-state index contributed by atoms with van der Waals surface area (Å²) in [5.74, 6) is -0.509. The molecule has 1 aromatic rings. The Morgan fingerprint density at radius 3 is 2.41 bits per heavy atom. The average Bonchev–Trinajstić information content (AvgIpc) is 2.50. The van der Waals surface area contributed by atoms with Crippen molar-refractivity contribution >= 4 is 24.2 Å². The Kier molecular flexibility index (Phi) is 7.27. The lowest BCUT2D eigenvalue weighted by Gasteiger charge is -2.29. The highest BCUT2D eigenvalue weighted by molar-refractivity contribution is 5.86. The Hall–Kier alpha value is -1.66. The molecular formula is C15H21ClFN3O2.